The fourth-order valence-electron chi connectivity index (χ4n) is 2.30. The maximum atomic E-state index is 12.7. The Labute approximate surface area is 164 Å². The molecule has 142 valence electrons. The van der Waals surface area contributed by atoms with Crippen LogP contribution >= 0.6 is 11.3 Å². The summed E-state index contributed by atoms with van der Waals surface area (Å²) in [5.74, 6) is -1.07. The van der Waals surface area contributed by atoms with Gasteiger partial charge in [0.25, 0.3) is 10.0 Å². The molecule has 0 aliphatic heterocycles. The first-order valence-electron chi connectivity index (χ1n) is 7.71. The van der Waals surface area contributed by atoms with Gasteiger partial charge in [-0.3, -0.25) is 4.72 Å². The molecule has 8 nitrogen and oxygen atoms in total. The van der Waals surface area contributed by atoms with Gasteiger partial charge < -0.3 is 9.84 Å². The first-order valence-corrected chi connectivity index (χ1v) is 10.1. The highest BCUT2D eigenvalue weighted by molar-refractivity contribution is 7.92. The number of anilines is 1. The molecule has 1 heterocycles. The van der Waals surface area contributed by atoms with Gasteiger partial charge in [0.2, 0.25) is 0 Å². The Morgan fingerprint density at radius 1 is 1.25 bits per heavy atom. The van der Waals surface area contributed by atoms with Gasteiger partial charge in [-0.05, 0) is 18.2 Å². The number of hydrogen-bond acceptors (Lipinski definition) is 6. The summed E-state index contributed by atoms with van der Waals surface area (Å²) in [7, 11) is -2.69. The van der Waals surface area contributed by atoms with E-state index in [0.717, 1.165) is 11.3 Å². The van der Waals surface area contributed by atoms with Crippen molar-refractivity contribution in [2.24, 2.45) is 0 Å². The van der Waals surface area contributed by atoms with Crippen molar-refractivity contribution in [1.82, 2.24) is 4.98 Å². The first-order chi connectivity index (χ1) is 13.3. The number of methoxy groups -OCH3 is 1. The van der Waals surface area contributed by atoms with Gasteiger partial charge in [-0.2, -0.15) is 8.42 Å². The summed E-state index contributed by atoms with van der Waals surface area (Å²) in [6, 6.07) is 10.5. The molecule has 2 N–H and O–H groups in total. The molecule has 3 aromatic rings. The molecule has 0 saturated carbocycles. The van der Waals surface area contributed by atoms with Crippen molar-refractivity contribution in [3.63, 3.8) is 0 Å². The van der Waals surface area contributed by atoms with Crippen molar-refractivity contribution in [1.29, 1.82) is 0 Å². The number of nitrogens with one attached hydrogen (secondary N) is 1. The molecule has 10 heteroatoms. The molecule has 0 saturated heterocycles. The maximum absolute atomic E-state index is 12.7. The van der Waals surface area contributed by atoms with E-state index in [1.165, 1.54) is 30.7 Å². The average molecular weight is 415 g/mol. The Morgan fingerprint density at radius 2 is 1.96 bits per heavy atom. The lowest BCUT2D eigenvalue weighted by Gasteiger charge is -2.11. The molecule has 3 rings (SSSR count). The molecule has 0 aliphatic carbocycles. The summed E-state index contributed by atoms with van der Waals surface area (Å²) in [5, 5.41) is 10.7. The molecule has 1 aromatic heterocycles. The minimum atomic E-state index is -4.01. The van der Waals surface area contributed by atoms with Gasteiger partial charge in [0.05, 0.1) is 24.9 Å². The lowest BCUT2D eigenvalue weighted by atomic mass is 10.2. The molecule has 0 aliphatic rings. The van der Waals surface area contributed by atoms with E-state index in [0.29, 0.717) is 16.3 Å². The number of carbonyl (C=O) groups is 1. The molecule has 0 amide bonds. The number of carboxylic acids is 1. The second-order valence-corrected chi connectivity index (χ2v) is 7.96. The standard InChI is InChI=1S/C18H13N3O5S2/c1-19-13-6-3-11(4-7-13)17-20-16(10-27-17)28(24,25)21-14-8-5-12(18(22)23)9-15(14)26-2/h3-10,21H,2H3,(H,22,23). The number of rotatable bonds is 6. The first kappa shape index (κ1) is 19.3. The van der Waals surface area contributed by atoms with Crippen LogP contribution in [0.3, 0.4) is 0 Å². The van der Waals surface area contributed by atoms with E-state index in [-0.39, 0.29) is 22.0 Å². The Bertz CT molecular complexity index is 1180. The van der Waals surface area contributed by atoms with E-state index in [1.807, 2.05) is 0 Å². The zero-order valence-corrected chi connectivity index (χ0v) is 16.0. The van der Waals surface area contributed by atoms with Gasteiger partial charge in [-0.15, -0.1) is 11.3 Å². The third-order valence-electron chi connectivity index (χ3n) is 3.69. The molecular weight excluding hydrogens is 402 g/mol. The Balaban J connectivity index is 1.89. The van der Waals surface area contributed by atoms with Crippen LogP contribution in [0.4, 0.5) is 11.4 Å². The molecular formula is C18H13N3O5S2. The Hall–Kier alpha value is -3.42. The van der Waals surface area contributed by atoms with Gasteiger partial charge in [-0.1, -0.05) is 24.3 Å². The summed E-state index contributed by atoms with van der Waals surface area (Å²) < 4.78 is 32.8. The van der Waals surface area contributed by atoms with Crippen LogP contribution in [0.15, 0.2) is 52.9 Å². The molecule has 0 spiro atoms. The summed E-state index contributed by atoms with van der Waals surface area (Å²) in [4.78, 5) is 18.5. The van der Waals surface area contributed by atoms with Crippen molar-refractivity contribution in [3.8, 4) is 16.3 Å². The minimum Gasteiger partial charge on any atom is -0.495 e. The number of carboxylic acid groups (broad SMARTS) is 1. The molecule has 0 fully saturated rings. The number of ether oxygens (including phenoxy) is 1. The number of aromatic carboxylic acids is 1. The van der Waals surface area contributed by atoms with Crippen LogP contribution in [0.1, 0.15) is 10.4 Å². The fraction of sp³-hybridized carbons (Fsp3) is 0.0556. The van der Waals surface area contributed by atoms with Gasteiger partial charge in [-0.25, -0.2) is 14.6 Å². The highest BCUT2D eigenvalue weighted by Crippen LogP contribution is 2.31. The third kappa shape index (κ3) is 3.95. The fourth-order valence-corrected chi connectivity index (χ4v) is 4.47. The van der Waals surface area contributed by atoms with Crippen LogP contribution in [0.2, 0.25) is 0 Å². The Kier molecular flexibility index (Phi) is 5.30. The van der Waals surface area contributed by atoms with Gasteiger partial charge in [0.15, 0.2) is 10.7 Å². The van der Waals surface area contributed by atoms with Crippen LogP contribution in [0.5, 0.6) is 5.75 Å². The van der Waals surface area contributed by atoms with Crippen LogP contribution in [-0.4, -0.2) is 31.6 Å². The summed E-state index contributed by atoms with van der Waals surface area (Å²) in [5.41, 5.74) is 1.25. The van der Waals surface area contributed by atoms with E-state index in [4.69, 9.17) is 16.4 Å². The number of nitrogens with zero attached hydrogens (tertiary/aromatic N) is 2. The Morgan fingerprint density at radius 3 is 2.57 bits per heavy atom. The van der Waals surface area contributed by atoms with Crippen molar-refractivity contribution in [2.75, 3.05) is 11.8 Å². The predicted octanol–water partition coefficient (Wildman–Crippen LogP) is 3.87. The molecule has 0 bridgehead atoms. The lowest BCUT2D eigenvalue weighted by Crippen LogP contribution is -2.14. The van der Waals surface area contributed by atoms with Gasteiger partial charge in [0.1, 0.15) is 10.8 Å². The third-order valence-corrected chi connectivity index (χ3v) is 5.98. The maximum Gasteiger partial charge on any atom is 0.335 e. The van der Waals surface area contributed by atoms with E-state index >= 15 is 0 Å². The smallest absolute Gasteiger partial charge is 0.335 e. The van der Waals surface area contributed by atoms with Gasteiger partial charge >= 0.3 is 5.97 Å². The SMILES string of the molecule is [C-]#[N+]c1ccc(-c2nc(S(=O)(=O)Nc3ccc(C(=O)O)cc3OC)cs2)cc1. The number of sulfonamides is 1. The summed E-state index contributed by atoms with van der Waals surface area (Å²) in [6.07, 6.45) is 0. The van der Waals surface area contributed by atoms with E-state index in [1.54, 1.807) is 24.3 Å². The van der Waals surface area contributed by atoms with Crippen molar-refractivity contribution >= 4 is 38.7 Å². The largest absolute Gasteiger partial charge is 0.495 e. The predicted molar refractivity (Wildman–Crippen MR) is 105 cm³/mol. The molecule has 0 radical (unpaired) electrons. The highest BCUT2D eigenvalue weighted by Gasteiger charge is 2.21. The molecule has 0 atom stereocenters. The number of aromatic nitrogens is 1. The lowest BCUT2D eigenvalue weighted by molar-refractivity contribution is 0.0696. The van der Waals surface area contributed by atoms with Crippen LogP contribution in [0, 0.1) is 6.57 Å². The summed E-state index contributed by atoms with van der Waals surface area (Å²) in [6.45, 7) is 6.96. The molecule has 0 unspecified atom stereocenters. The highest BCUT2D eigenvalue weighted by atomic mass is 32.2. The average Bonchev–Trinajstić information content (AvgIpc) is 3.19. The van der Waals surface area contributed by atoms with Crippen molar-refractivity contribution in [3.05, 3.63) is 64.8 Å². The van der Waals surface area contributed by atoms with E-state index < -0.39 is 16.0 Å². The van der Waals surface area contributed by atoms with Crippen LogP contribution < -0.4 is 9.46 Å². The van der Waals surface area contributed by atoms with Crippen LogP contribution in [0.25, 0.3) is 15.4 Å². The normalized spacial score (nSPS) is 10.9. The summed E-state index contributed by atoms with van der Waals surface area (Å²) >= 11 is 1.15. The number of hydrogen-bond donors (Lipinski definition) is 2. The second-order valence-electron chi connectivity index (χ2n) is 5.48. The van der Waals surface area contributed by atoms with E-state index in [9.17, 15) is 13.2 Å². The number of benzene rings is 2. The molecule has 2 aromatic carbocycles. The van der Waals surface area contributed by atoms with Crippen molar-refractivity contribution in [2.45, 2.75) is 5.03 Å². The zero-order valence-electron chi connectivity index (χ0n) is 14.4. The second kappa shape index (κ2) is 7.67. The van der Waals surface area contributed by atoms with Crippen LogP contribution in [-0.2, 0) is 10.0 Å². The zero-order chi connectivity index (χ0) is 20.3. The number of thiazole rings is 1. The topological polar surface area (TPSA) is 110 Å². The monoisotopic (exact) mass is 415 g/mol. The van der Waals surface area contributed by atoms with Crippen molar-refractivity contribution < 1.29 is 23.1 Å². The minimum absolute atomic E-state index is 0.0291. The molecule has 28 heavy (non-hydrogen) atoms. The van der Waals surface area contributed by atoms with Gasteiger partial charge in [0, 0.05) is 10.9 Å². The quantitative estimate of drug-likeness (QED) is 0.592. The van der Waals surface area contributed by atoms with E-state index in [2.05, 4.69) is 14.6 Å².